The molecule has 1 aromatic heterocycles. The zero-order chi connectivity index (χ0) is 20.2. The SMILES string of the molecule is COc1ccc(COc2ccc3cc(-c4ccc(OC)cc4)c(=O)oc3c2)cc1. The lowest BCUT2D eigenvalue weighted by Gasteiger charge is -2.08. The van der Waals surface area contributed by atoms with Gasteiger partial charge < -0.3 is 18.6 Å². The molecule has 0 atom stereocenters. The Kier molecular flexibility index (Phi) is 5.20. The highest BCUT2D eigenvalue weighted by Crippen LogP contribution is 2.26. The summed E-state index contributed by atoms with van der Waals surface area (Å²) in [5.41, 5.74) is 2.39. The zero-order valence-corrected chi connectivity index (χ0v) is 16.2. The number of hydrogen-bond donors (Lipinski definition) is 0. The molecule has 3 aromatic carbocycles. The van der Waals surface area contributed by atoms with E-state index in [9.17, 15) is 4.79 Å². The summed E-state index contributed by atoms with van der Waals surface area (Å²) < 4.78 is 21.7. The highest BCUT2D eigenvalue weighted by Gasteiger charge is 2.09. The molecule has 0 saturated heterocycles. The molecule has 5 nitrogen and oxygen atoms in total. The Hall–Kier alpha value is -3.73. The molecule has 0 aliphatic heterocycles. The molecule has 0 unspecified atom stereocenters. The summed E-state index contributed by atoms with van der Waals surface area (Å²) in [6.07, 6.45) is 0. The molecule has 0 aliphatic rings. The number of fused-ring (bicyclic) bond motifs is 1. The van der Waals surface area contributed by atoms with E-state index in [1.54, 1.807) is 20.3 Å². The lowest BCUT2D eigenvalue weighted by molar-refractivity contribution is 0.306. The highest BCUT2D eigenvalue weighted by molar-refractivity contribution is 5.82. The van der Waals surface area contributed by atoms with Crippen LogP contribution in [0.3, 0.4) is 0 Å². The topological polar surface area (TPSA) is 57.9 Å². The number of benzene rings is 3. The van der Waals surface area contributed by atoms with Crippen LogP contribution in [0.1, 0.15) is 5.56 Å². The van der Waals surface area contributed by atoms with E-state index in [1.807, 2.05) is 66.7 Å². The summed E-state index contributed by atoms with van der Waals surface area (Å²) in [6.45, 7) is 0.406. The molecule has 5 heteroatoms. The molecule has 0 radical (unpaired) electrons. The predicted octanol–water partition coefficient (Wildman–Crippen LogP) is 5.06. The largest absolute Gasteiger partial charge is 0.497 e. The Labute approximate surface area is 168 Å². The van der Waals surface area contributed by atoms with Crippen molar-refractivity contribution in [2.24, 2.45) is 0 Å². The van der Waals surface area contributed by atoms with Gasteiger partial charge in [0.1, 0.15) is 29.4 Å². The second-order valence-corrected chi connectivity index (χ2v) is 6.51. The van der Waals surface area contributed by atoms with Crippen molar-refractivity contribution in [1.29, 1.82) is 0 Å². The minimum Gasteiger partial charge on any atom is -0.497 e. The van der Waals surface area contributed by atoms with Crippen molar-refractivity contribution in [2.45, 2.75) is 6.61 Å². The third-order valence-corrected chi connectivity index (χ3v) is 4.67. The molecule has 0 saturated carbocycles. The summed E-state index contributed by atoms with van der Waals surface area (Å²) in [6, 6.07) is 22.3. The van der Waals surface area contributed by atoms with Crippen LogP contribution in [0.15, 0.2) is 82.0 Å². The van der Waals surface area contributed by atoms with Gasteiger partial charge in [-0.25, -0.2) is 4.79 Å². The fraction of sp³-hybridized carbons (Fsp3) is 0.125. The first-order valence-electron chi connectivity index (χ1n) is 9.14. The second-order valence-electron chi connectivity index (χ2n) is 6.51. The maximum atomic E-state index is 12.5. The predicted molar refractivity (Wildman–Crippen MR) is 112 cm³/mol. The van der Waals surface area contributed by atoms with Crippen LogP contribution in [0, 0.1) is 0 Å². The van der Waals surface area contributed by atoms with Crippen LogP contribution >= 0.6 is 0 Å². The van der Waals surface area contributed by atoms with Gasteiger partial charge in [-0.3, -0.25) is 0 Å². The first-order chi connectivity index (χ1) is 14.2. The second kappa shape index (κ2) is 8.10. The molecule has 0 spiro atoms. The molecule has 0 fully saturated rings. The van der Waals surface area contributed by atoms with Gasteiger partial charge in [0.2, 0.25) is 0 Å². The maximum Gasteiger partial charge on any atom is 0.344 e. The monoisotopic (exact) mass is 388 g/mol. The Morgan fingerprint density at radius 2 is 1.38 bits per heavy atom. The van der Waals surface area contributed by atoms with Crippen LogP contribution in [0.4, 0.5) is 0 Å². The fourth-order valence-electron chi connectivity index (χ4n) is 3.04. The van der Waals surface area contributed by atoms with Crippen molar-refractivity contribution in [1.82, 2.24) is 0 Å². The molecule has 0 amide bonds. The van der Waals surface area contributed by atoms with E-state index in [0.29, 0.717) is 23.5 Å². The van der Waals surface area contributed by atoms with Crippen molar-refractivity contribution >= 4 is 11.0 Å². The van der Waals surface area contributed by atoms with E-state index < -0.39 is 5.63 Å². The summed E-state index contributed by atoms with van der Waals surface area (Å²) in [5.74, 6) is 2.17. The summed E-state index contributed by atoms with van der Waals surface area (Å²) in [7, 11) is 3.24. The standard InChI is InChI=1S/C24H20O5/c1-26-19-8-3-16(4-9-19)15-28-21-12-7-18-13-22(24(25)29-23(18)14-21)17-5-10-20(27-2)11-6-17/h3-14H,15H2,1-2H3. The van der Waals surface area contributed by atoms with Gasteiger partial charge in [-0.1, -0.05) is 24.3 Å². The van der Waals surface area contributed by atoms with Crippen LogP contribution in [0.5, 0.6) is 17.2 Å². The zero-order valence-electron chi connectivity index (χ0n) is 16.2. The lowest BCUT2D eigenvalue weighted by Crippen LogP contribution is -2.03. The van der Waals surface area contributed by atoms with Crippen molar-refractivity contribution in [3.8, 4) is 28.4 Å². The summed E-state index contributed by atoms with van der Waals surface area (Å²) in [5, 5.41) is 0.826. The van der Waals surface area contributed by atoms with E-state index >= 15 is 0 Å². The number of ether oxygens (including phenoxy) is 3. The van der Waals surface area contributed by atoms with Gasteiger partial charge in [-0.2, -0.15) is 0 Å². The van der Waals surface area contributed by atoms with Crippen molar-refractivity contribution < 1.29 is 18.6 Å². The Morgan fingerprint density at radius 3 is 2.03 bits per heavy atom. The average molecular weight is 388 g/mol. The van der Waals surface area contributed by atoms with E-state index in [2.05, 4.69) is 0 Å². The van der Waals surface area contributed by atoms with Crippen molar-refractivity contribution in [3.63, 3.8) is 0 Å². The van der Waals surface area contributed by atoms with Crippen molar-refractivity contribution in [2.75, 3.05) is 14.2 Å². The summed E-state index contributed by atoms with van der Waals surface area (Å²) in [4.78, 5) is 12.5. The van der Waals surface area contributed by atoms with Gasteiger partial charge in [0.25, 0.3) is 0 Å². The van der Waals surface area contributed by atoms with E-state index in [4.69, 9.17) is 18.6 Å². The van der Waals surface area contributed by atoms with Gasteiger partial charge in [-0.15, -0.1) is 0 Å². The average Bonchev–Trinajstić information content (AvgIpc) is 2.77. The van der Waals surface area contributed by atoms with E-state index in [0.717, 1.165) is 28.0 Å². The van der Waals surface area contributed by atoms with Crippen LogP contribution in [-0.4, -0.2) is 14.2 Å². The lowest BCUT2D eigenvalue weighted by atomic mass is 10.1. The van der Waals surface area contributed by atoms with Gasteiger partial charge in [0, 0.05) is 11.5 Å². The van der Waals surface area contributed by atoms with Crippen LogP contribution in [0.2, 0.25) is 0 Å². The molecule has 0 N–H and O–H groups in total. The van der Waals surface area contributed by atoms with Crippen molar-refractivity contribution in [3.05, 3.63) is 88.8 Å². The molecule has 4 aromatic rings. The molecular formula is C24H20O5. The number of rotatable bonds is 6. The van der Waals surface area contributed by atoms with Crippen LogP contribution in [-0.2, 0) is 6.61 Å². The van der Waals surface area contributed by atoms with Crippen LogP contribution in [0.25, 0.3) is 22.1 Å². The molecular weight excluding hydrogens is 368 g/mol. The van der Waals surface area contributed by atoms with Gasteiger partial charge in [0.05, 0.1) is 19.8 Å². The molecule has 4 rings (SSSR count). The number of methoxy groups -OCH3 is 2. The van der Waals surface area contributed by atoms with Crippen LogP contribution < -0.4 is 19.8 Å². The van der Waals surface area contributed by atoms with E-state index in [-0.39, 0.29) is 0 Å². The fourth-order valence-corrected chi connectivity index (χ4v) is 3.04. The first kappa shape index (κ1) is 18.6. The maximum absolute atomic E-state index is 12.5. The first-order valence-corrected chi connectivity index (χ1v) is 9.14. The summed E-state index contributed by atoms with van der Waals surface area (Å²) >= 11 is 0. The van der Waals surface area contributed by atoms with Gasteiger partial charge >= 0.3 is 5.63 Å². The molecule has 0 bridgehead atoms. The van der Waals surface area contributed by atoms with Gasteiger partial charge in [-0.05, 0) is 53.6 Å². The third-order valence-electron chi connectivity index (χ3n) is 4.67. The molecule has 146 valence electrons. The molecule has 0 aliphatic carbocycles. The molecule has 29 heavy (non-hydrogen) atoms. The number of hydrogen-bond acceptors (Lipinski definition) is 5. The highest BCUT2D eigenvalue weighted by atomic mass is 16.5. The quantitative estimate of drug-likeness (QED) is 0.432. The van der Waals surface area contributed by atoms with E-state index in [1.165, 1.54) is 0 Å². The smallest absolute Gasteiger partial charge is 0.344 e. The minimum atomic E-state index is -0.394. The Morgan fingerprint density at radius 1 is 0.759 bits per heavy atom. The Bertz CT molecular complexity index is 1170. The normalized spacial score (nSPS) is 10.7. The Balaban J connectivity index is 1.56. The van der Waals surface area contributed by atoms with Gasteiger partial charge in [0.15, 0.2) is 0 Å². The molecule has 1 heterocycles. The minimum absolute atomic E-state index is 0.394. The third kappa shape index (κ3) is 4.09.